The number of rotatable bonds is 8. The Bertz CT molecular complexity index is 1160. The van der Waals surface area contributed by atoms with E-state index in [9.17, 15) is 19.5 Å². The van der Waals surface area contributed by atoms with Crippen LogP contribution >= 0.6 is 23.5 Å². The van der Waals surface area contributed by atoms with Crippen LogP contribution in [0.5, 0.6) is 0 Å². The highest BCUT2D eigenvalue weighted by Crippen LogP contribution is 2.44. The number of fused-ring (bicyclic) bond motifs is 1. The summed E-state index contributed by atoms with van der Waals surface area (Å²) in [5.74, 6) is -1.41. The number of anilines is 1. The van der Waals surface area contributed by atoms with Crippen molar-refractivity contribution in [3.63, 3.8) is 0 Å². The first-order chi connectivity index (χ1) is 16.3. The number of aromatic nitrogens is 5. The van der Waals surface area contributed by atoms with Crippen molar-refractivity contribution in [1.82, 2.24) is 35.4 Å². The first-order valence-corrected chi connectivity index (χ1v) is 11.9. The molecule has 34 heavy (non-hydrogen) atoms. The average Bonchev–Trinajstić information content (AvgIpc) is 3.23. The van der Waals surface area contributed by atoms with Gasteiger partial charge in [0.05, 0.1) is 0 Å². The minimum Gasteiger partial charge on any atom is -0.481 e. The minimum absolute atomic E-state index is 0.0132. The number of aliphatic carboxylic acids is 1. The van der Waals surface area contributed by atoms with Crippen molar-refractivity contribution in [2.45, 2.75) is 16.6 Å². The number of nitrogens with zero attached hydrogens (tertiary/aromatic N) is 7. The summed E-state index contributed by atoms with van der Waals surface area (Å²) < 4.78 is 1.45. The van der Waals surface area contributed by atoms with Gasteiger partial charge in [-0.1, -0.05) is 23.0 Å². The molecule has 2 fully saturated rings. The molecule has 2 unspecified atom stereocenters. The lowest BCUT2D eigenvalue weighted by Gasteiger charge is -2.53. The van der Waals surface area contributed by atoms with E-state index in [1.54, 1.807) is 25.2 Å². The zero-order chi connectivity index (χ0) is 24.5. The fourth-order valence-corrected chi connectivity index (χ4v) is 6.25. The van der Waals surface area contributed by atoms with Crippen LogP contribution in [-0.2, 0) is 26.3 Å². The summed E-state index contributed by atoms with van der Waals surface area (Å²) in [7, 11) is 2.95. The quantitative estimate of drug-likeness (QED) is 0.168. The number of nitrogen functional groups attached to an aromatic ring is 1. The SMILES string of the molecule is CON=C(C(=O)NC1C(=O)N2CC(CSc3nnnn3C)(C(=O)O)CS[C@H]12)c1cccc(N)n1. The maximum atomic E-state index is 12.9. The Labute approximate surface area is 201 Å². The highest BCUT2D eigenvalue weighted by atomic mass is 32.2. The number of hydrogen-bond donors (Lipinski definition) is 3. The number of pyridine rings is 1. The number of aryl methyl sites for hydroxylation is 1. The highest BCUT2D eigenvalue weighted by Gasteiger charge is 2.57. The van der Waals surface area contributed by atoms with Gasteiger partial charge >= 0.3 is 5.97 Å². The molecule has 0 saturated carbocycles. The number of carbonyl (C=O) groups excluding carboxylic acids is 2. The molecule has 180 valence electrons. The van der Waals surface area contributed by atoms with Crippen molar-refractivity contribution >= 4 is 52.8 Å². The Hall–Kier alpha value is -3.40. The maximum Gasteiger partial charge on any atom is 0.313 e. The molecular weight excluding hydrogens is 486 g/mol. The normalized spacial score (nSPS) is 24.2. The van der Waals surface area contributed by atoms with E-state index in [1.165, 1.54) is 40.2 Å². The van der Waals surface area contributed by atoms with E-state index >= 15 is 0 Å². The molecule has 2 saturated heterocycles. The van der Waals surface area contributed by atoms with Crippen LogP contribution in [0.4, 0.5) is 5.82 Å². The predicted octanol–water partition coefficient (Wildman–Crippen LogP) is -1.20. The predicted molar refractivity (Wildman–Crippen MR) is 122 cm³/mol. The molecule has 0 aromatic carbocycles. The van der Waals surface area contributed by atoms with Gasteiger partial charge in [-0.3, -0.25) is 14.4 Å². The topological polar surface area (TPSA) is 191 Å². The van der Waals surface area contributed by atoms with Crippen molar-refractivity contribution in [1.29, 1.82) is 0 Å². The number of nitrogens with one attached hydrogen (secondary N) is 1. The third-order valence-corrected chi connectivity index (χ3v) is 8.24. The molecule has 0 aliphatic carbocycles. The Morgan fingerprint density at radius 3 is 2.91 bits per heavy atom. The number of carboxylic acids is 1. The second-order valence-corrected chi connectivity index (χ2v) is 9.70. The molecule has 2 aliphatic heterocycles. The lowest BCUT2D eigenvalue weighted by atomic mass is 9.89. The summed E-state index contributed by atoms with van der Waals surface area (Å²) in [6.07, 6.45) is 0. The molecule has 0 spiro atoms. The molecule has 2 aromatic heterocycles. The molecule has 4 N–H and O–H groups in total. The third-order valence-electron chi connectivity index (χ3n) is 5.35. The fraction of sp³-hybridized carbons (Fsp3) is 0.444. The second kappa shape index (κ2) is 9.46. The van der Waals surface area contributed by atoms with Gasteiger partial charge in [0, 0.05) is 25.1 Å². The summed E-state index contributed by atoms with van der Waals surface area (Å²) in [6.45, 7) is 0.0132. The van der Waals surface area contributed by atoms with Crippen LogP contribution in [0.3, 0.4) is 0 Å². The van der Waals surface area contributed by atoms with E-state index in [4.69, 9.17) is 10.6 Å². The largest absolute Gasteiger partial charge is 0.481 e. The Kier molecular flexibility index (Phi) is 6.60. The van der Waals surface area contributed by atoms with Gasteiger partial charge < -0.3 is 25.9 Å². The first kappa shape index (κ1) is 23.7. The standard InChI is InChI=1S/C18H21N9O5S2/c1-26-17(22-24-25-26)34-8-18(16(30)31)6-27-14(29)12(15(27)33-7-18)21-13(28)11(23-32-2)9-4-3-5-10(19)20-9/h3-5,12,15H,6-8H2,1-2H3,(H2,19,20)(H,21,28)(H,30,31)/t12?,15-,18?/m1/s1. The zero-order valence-electron chi connectivity index (χ0n) is 18.1. The lowest BCUT2D eigenvalue weighted by Crippen LogP contribution is -2.74. The van der Waals surface area contributed by atoms with Crippen LogP contribution in [-0.4, -0.2) is 95.3 Å². The van der Waals surface area contributed by atoms with E-state index in [0.717, 1.165) is 0 Å². The van der Waals surface area contributed by atoms with Gasteiger partial charge in [-0.05, 0) is 22.6 Å². The number of thioether (sulfide) groups is 2. The molecule has 16 heteroatoms. The summed E-state index contributed by atoms with van der Waals surface area (Å²) in [4.78, 5) is 48.2. The van der Waals surface area contributed by atoms with Crippen molar-refractivity contribution in [2.75, 3.05) is 30.9 Å². The molecular formula is C18H21N9O5S2. The fourth-order valence-electron chi connectivity index (χ4n) is 3.54. The number of tetrazole rings is 1. The van der Waals surface area contributed by atoms with Crippen LogP contribution in [0.2, 0.25) is 0 Å². The van der Waals surface area contributed by atoms with Crippen LogP contribution in [0, 0.1) is 5.41 Å². The zero-order valence-corrected chi connectivity index (χ0v) is 19.7. The van der Waals surface area contributed by atoms with Crippen LogP contribution < -0.4 is 11.1 Å². The molecule has 2 amide bonds. The molecule has 2 aromatic rings. The number of nitrogens with two attached hydrogens (primary N) is 1. The highest BCUT2D eigenvalue weighted by molar-refractivity contribution is 8.00. The van der Waals surface area contributed by atoms with Crippen molar-refractivity contribution < 1.29 is 24.3 Å². The number of β-lactam (4-membered cyclic amide) rings is 1. The van der Waals surface area contributed by atoms with Gasteiger partial charge in [0.2, 0.25) is 11.1 Å². The van der Waals surface area contributed by atoms with Crippen LogP contribution in [0.25, 0.3) is 0 Å². The Balaban J connectivity index is 1.44. The van der Waals surface area contributed by atoms with E-state index in [0.29, 0.717) is 5.16 Å². The molecule has 14 nitrogen and oxygen atoms in total. The van der Waals surface area contributed by atoms with Crippen molar-refractivity contribution in [2.24, 2.45) is 17.6 Å². The summed E-state index contributed by atoms with van der Waals surface area (Å²) in [6, 6.07) is 3.89. The molecule has 0 radical (unpaired) electrons. The number of carbonyl (C=O) groups is 3. The van der Waals surface area contributed by atoms with Crippen LogP contribution in [0.1, 0.15) is 5.69 Å². The summed E-state index contributed by atoms with van der Waals surface area (Å²) in [5.41, 5.74) is 4.57. The van der Waals surface area contributed by atoms with E-state index in [1.807, 2.05) is 0 Å². The third kappa shape index (κ3) is 4.37. The smallest absolute Gasteiger partial charge is 0.313 e. The van der Waals surface area contributed by atoms with Gasteiger partial charge in [-0.2, -0.15) is 0 Å². The lowest BCUT2D eigenvalue weighted by molar-refractivity contribution is -0.157. The molecule has 3 atom stereocenters. The average molecular weight is 508 g/mol. The Morgan fingerprint density at radius 2 is 2.26 bits per heavy atom. The van der Waals surface area contributed by atoms with Gasteiger partial charge in [-0.25, -0.2) is 9.67 Å². The van der Waals surface area contributed by atoms with Gasteiger partial charge in [0.15, 0.2) is 5.71 Å². The maximum absolute atomic E-state index is 12.9. The second-order valence-electron chi connectivity index (χ2n) is 7.65. The first-order valence-electron chi connectivity index (χ1n) is 9.91. The monoisotopic (exact) mass is 507 g/mol. The van der Waals surface area contributed by atoms with Crippen molar-refractivity contribution in [3.8, 4) is 0 Å². The van der Waals surface area contributed by atoms with E-state index < -0.39 is 28.7 Å². The van der Waals surface area contributed by atoms with Crippen LogP contribution in [0.15, 0.2) is 28.5 Å². The van der Waals surface area contributed by atoms with Gasteiger partial charge in [0.25, 0.3) is 5.91 Å². The number of amides is 2. The summed E-state index contributed by atoms with van der Waals surface area (Å²) in [5, 5.41) is 27.6. The van der Waals surface area contributed by atoms with Crippen molar-refractivity contribution in [3.05, 3.63) is 23.9 Å². The minimum atomic E-state index is -1.18. The summed E-state index contributed by atoms with van der Waals surface area (Å²) >= 11 is 2.51. The molecule has 0 bridgehead atoms. The molecule has 2 aliphatic rings. The molecule has 4 rings (SSSR count). The number of oxime groups is 1. The van der Waals surface area contributed by atoms with E-state index in [2.05, 4.69) is 31.0 Å². The number of carboxylic acid groups (broad SMARTS) is 1. The molecule has 4 heterocycles. The number of hydrogen-bond acceptors (Lipinski definition) is 12. The van der Waals surface area contributed by atoms with E-state index in [-0.39, 0.29) is 41.2 Å². The Morgan fingerprint density at radius 1 is 1.47 bits per heavy atom. The van der Waals surface area contributed by atoms with Gasteiger partial charge in [-0.15, -0.1) is 16.9 Å². The van der Waals surface area contributed by atoms with Gasteiger partial charge in [0.1, 0.15) is 35.5 Å².